The summed E-state index contributed by atoms with van der Waals surface area (Å²) < 4.78 is 0. The predicted molar refractivity (Wildman–Crippen MR) is 97.6 cm³/mol. The van der Waals surface area contributed by atoms with Gasteiger partial charge in [-0.2, -0.15) is 11.8 Å². The Hall–Kier alpha value is -3.20. The molecule has 0 spiro atoms. The number of benzene rings is 2. The predicted octanol–water partition coefficient (Wildman–Crippen LogP) is 2.58. The number of hydrogen-bond acceptors (Lipinski definition) is 6. The fraction of sp³-hybridized carbons (Fsp3) is 0.167. The van der Waals surface area contributed by atoms with Crippen LogP contribution in [0.5, 0.6) is 0 Å². The topological polar surface area (TPSA) is 118 Å². The van der Waals surface area contributed by atoms with Crippen LogP contribution in [0.25, 0.3) is 0 Å². The molecule has 2 amide bonds. The molecule has 1 aliphatic heterocycles. The van der Waals surface area contributed by atoms with E-state index in [0.29, 0.717) is 5.75 Å². The number of nitro benzene ring substituents is 1. The Bertz CT molecular complexity index is 893. The first kappa shape index (κ1) is 18.6. The van der Waals surface area contributed by atoms with E-state index in [4.69, 9.17) is 0 Å². The maximum Gasteiger partial charge on any atom is 0.327 e. The minimum atomic E-state index is -1.29. The van der Waals surface area contributed by atoms with Gasteiger partial charge in [0.1, 0.15) is 6.04 Å². The number of non-ortho nitro benzene ring substituents is 1. The van der Waals surface area contributed by atoms with E-state index in [1.54, 1.807) is 24.3 Å². The average molecular weight is 386 g/mol. The van der Waals surface area contributed by atoms with E-state index in [1.807, 2.05) is 0 Å². The summed E-state index contributed by atoms with van der Waals surface area (Å²) in [4.78, 5) is 47.5. The Balaban J connectivity index is 1.68. The minimum Gasteiger partial charge on any atom is -0.480 e. The standard InChI is InChI=1S/C18H14N2O6S/c21-16-13-3-1-2-4-14(13)17(22)19(16)15(18(23)24)10-27-9-11-5-7-12(8-6-11)20(25)26/h1-8,15H,9-10H2,(H,23,24). The number of imide groups is 1. The van der Waals surface area contributed by atoms with Gasteiger partial charge in [-0.05, 0) is 17.7 Å². The zero-order chi connectivity index (χ0) is 19.6. The van der Waals surface area contributed by atoms with Crippen molar-refractivity contribution < 1.29 is 24.4 Å². The van der Waals surface area contributed by atoms with Gasteiger partial charge in [-0.15, -0.1) is 0 Å². The number of hydrogen-bond donors (Lipinski definition) is 1. The van der Waals surface area contributed by atoms with Crippen LogP contribution in [0.3, 0.4) is 0 Å². The molecule has 27 heavy (non-hydrogen) atoms. The van der Waals surface area contributed by atoms with Gasteiger partial charge in [-0.1, -0.05) is 24.3 Å². The molecule has 138 valence electrons. The number of rotatable bonds is 7. The molecular weight excluding hydrogens is 372 g/mol. The van der Waals surface area contributed by atoms with Crippen LogP contribution in [-0.2, 0) is 10.5 Å². The smallest absolute Gasteiger partial charge is 0.327 e. The Labute approximate surface area is 157 Å². The first-order chi connectivity index (χ1) is 12.9. The average Bonchev–Trinajstić information content (AvgIpc) is 2.90. The van der Waals surface area contributed by atoms with Crippen molar-refractivity contribution in [2.75, 3.05) is 5.75 Å². The maximum atomic E-state index is 12.5. The van der Waals surface area contributed by atoms with E-state index in [0.717, 1.165) is 10.5 Å². The number of carbonyl (C=O) groups is 3. The summed E-state index contributed by atoms with van der Waals surface area (Å²) in [5.41, 5.74) is 1.15. The molecule has 1 unspecified atom stereocenters. The van der Waals surface area contributed by atoms with Crippen molar-refractivity contribution in [1.29, 1.82) is 0 Å². The summed E-state index contributed by atoms with van der Waals surface area (Å²) in [7, 11) is 0. The summed E-state index contributed by atoms with van der Waals surface area (Å²) in [6.07, 6.45) is 0. The van der Waals surface area contributed by atoms with E-state index < -0.39 is 28.7 Å². The van der Waals surface area contributed by atoms with Gasteiger partial charge >= 0.3 is 5.97 Å². The first-order valence-electron chi connectivity index (χ1n) is 7.91. The van der Waals surface area contributed by atoms with Gasteiger partial charge in [0.15, 0.2) is 0 Å². The molecule has 0 aliphatic carbocycles. The third kappa shape index (κ3) is 3.68. The monoisotopic (exact) mass is 386 g/mol. The van der Waals surface area contributed by atoms with Gasteiger partial charge in [-0.3, -0.25) is 24.6 Å². The number of nitrogens with zero attached hydrogens (tertiary/aromatic N) is 2. The molecule has 1 heterocycles. The number of thioether (sulfide) groups is 1. The highest BCUT2D eigenvalue weighted by Gasteiger charge is 2.42. The highest BCUT2D eigenvalue weighted by molar-refractivity contribution is 7.98. The lowest BCUT2D eigenvalue weighted by Crippen LogP contribution is -2.46. The Morgan fingerprint density at radius 1 is 1.07 bits per heavy atom. The molecule has 0 aromatic heterocycles. The van der Waals surface area contributed by atoms with E-state index >= 15 is 0 Å². The Morgan fingerprint density at radius 2 is 1.63 bits per heavy atom. The lowest BCUT2D eigenvalue weighted by atomic mass is 10.1. The summed E-state index contributed by atoms with van der Waals surface area (Å²) in [5, 5.41) is 20.2. The molecule has 2 aromatic carbocycles. The second kappa shape index (κ2) is 7.58. The van der Waals surface area contributed by atoms with Crippen LogP contribution in [0.1, 0.15) is 26.3 Å². The van der Waals surface area contributed by atoms with Crippen LogP contribution in [0.15, 0.2) is 48.5 Å². The van der Waals surface area contributed by atoms with Gasteiger partial charge in [0.05, 0.1) is 16.1 Å². The van der Waals surface area contributed by atoms with Crippen molar-refractivity contribution in [3.8, 4) is 0 Å². The summed E-state index contributed by atoms with van der Waals surface area (Å²) >= 11 is 1.23. The minimum absolute atomic E-state index is 0.0117. The highest BCUT2D eigenvalue weighted by Crippen LogP contribution is 2.27. The SMILES string of the molecule is O=C(O)C(CSCc1ccc([N+](=O)[O-])cc1)N1C(=O)c2ccccc2C1=O. The number of carboxylic acids is 1. The highest BCUT2D eigenvalue weighted by atomic mass is 32.2. The second-order valence-corrected chi connectivity index (χ2v) is 6.85. The van der Waals surface area contributed by atoms with Crippen LogP contribution in [-0.4, -0.2) is 44.5 Å². The molecule has 1 atom stereocenters. The number of carbonyl (C=O) groups excluding carboxylic acids is 2. The molecule has 0 bridgehead atoms. The number of carboxylic acid groups (broad SMARTS) is 1. The van der Waals surface area contributed by atoms with Crippen molar-refractivity contribution in [2.45, 2.75) is 11.8 Å². The third-order valence-corrected chi connectivity index (χ3v) is 5.20. The van der Waals surface area contributed by atoms with E-state index in [-0.39, 0.29) is 22.6 Å². The van der Waals surface area contributed by atoms with Crippen LogP contribution in [0.2, 0.25) is 0 Å². The number of aliphatic carboxylic acids is 1. The quantitative estimate of drug-likeness (QED) is 0.441. The molecule has 0 saturated carbocycles. The van der Waals surface area contributed by atoms with Crippen molar-refractivity contribution in [3.05, 3.63) is 75.3 Å². The molecule has 0 fully saturated rings. The molecular formula is C18H14N2O6S. The van der Waals surface area contributed by atoms with Crippen molar-refractivity contribution >= 4 is 35.2 Å². The van der Waals surface area contributed by atoms with Crippen LogP contribution >= 0.6 is 11.8 Å². The summed E-state index contributed by atoms with van der Waals surface area (Å²) in [6.45, 7) is 0. The van der Waals surface area contributed by atoms with Gasteiger partial charge in [0.2, 0.25) is 0 Å². The number of nitro groups is 1. The van der Waals surface area contributed by atoms with E-state index in [2.05, 4.69) is 0 Å². The Kier molecular flexibility index (Phi) is 5.22. The zero-order valence-corrected chi connectivity index (χ0v) is 14.7. The van der Waals surface area contributed by atoms with Gasteiger partial charge in [0, 0.05) is 23.6 Å². The van der Waals surface area contributed by atoms with Crippen molar-refractivity contribution in [2.24, 2.45) is 0 Å². The third-order valence-electron chi connectivity index (χ3n) is 4.11. The normalized spacial score (nSPS) is 14.1. The zero-order valence-electron chi connectivity index (χ0n) is 13.9. The summed E-state index contributed by atoms with van der Waals surface area (Å²) in [6, 6.07) is 10.9. The van der Waals surface area contributed by atoms with Gasteiger partial charge in [0.25, 0.3) is 17.5 Å². The molecule has 1 aliphatic rings. The second-order valence-electron chi connectivity index (χ2n) is 5.82. The van der Waals surface area contributed by atoms with Crippen molar-refractivity contribution in [3.63, 3.8) is 0 Å². The molecule has 8 nitrogen and oxygen atoms in total. The molecule has 1 N–H and O–H groups in total. The molecule has 0 saturated heterocycles. The number of amides is 2. The fourth-order valence-corrected chi connectivity index (χ4v) is 3.81. The summed E-state index contributed by atoms with van der Waals surface area (Å²) in [5.74, 6) is -2.08. The molecule has 2 aromatic rings. The van der Waals surface area contributed by atoms with Crippen LogP contribution in [0.4, 0.5) is 5.69 Å². The van der Waals surface area contributed by atoms with Crippen LogP contribution < -0.4 is 0 Å². The largest absolute Gasteiger partial charge is 0.480 e. The van der Waals surface area contributed by atoms with Gasteiger partial charge < -0.3 is 5.11 Å². The maximum absolute atomic E-state index is 12.5. The van der Waals surface area contributed by atoms with E-state index in [1.165, 1.54) is 36.0 Å². The molecule has 3 rings (SSSR count). The van der Waals surface area contributed by atoms with E-state index in [9.17, 15) is 29.6 Å². The lowest BCUT2D eigenvalue weighted by Gasteiger charge is -2.22. The van der Waals surface area contributed by atoms with Crippen LogP contribution in [0, 0.1) is 10.1 Å². The first-order valence-corrected chi connectivity index (χ1v) is 9.06. The van der Waals surface area contributed by atoms with Gasteiger partial charge in [-0.25, -0.2) is 4.79 Å². The fourth-order valence-electron chi connectivity index (χ4n) is 2.75. The number of fused-ring (bicyclic) bond motifs is 1. The Morgan fingerprint density at radius 3 is 2.11 bits per heavy atom. The molecule has 0 radical (unpaired) electrons. The van der Waals surface area contributed by atoms with Crippen molar-refractivity contribution in [1.82, 2.24) is 4.90 Å². The lowest BCUT2D eigenvalue weighted by molar-refractivity contribution is -0.384. The molecule has 9 heteroatoms.